The number of nitrogens with zero attached hydrogens (tertiary/aromatic N) is 5. The van der Waals surface area contributed by atoms with Crippen molar-refractivity contribution in [2.24, 2.45) is 0 Å². The summed E-state index contributed by atoms with van der Waals surface area (Å²) in [5.74, 6) is -0.391. The molecule has 0 atom stereocenters. The van der Waals surface area contributed by atoms with Crippen LogP contribution >= 0.6 is 0 Å². The summed E-state index contributed by atoms with van der Waals surface area (Å²) in [5.41, 5.74) is 0. The summed E-state index contributed by atoms with van der Waals surface area (Å²) in [4.78, 5) is 22.9. The first kappa shape index (κ1) is 11.8. The third-order valence-electron chi connectivity index (χ3n) is 1.88. The van der Waals surface area contributed by atoms with Crippen molar-refractivity contribution in [1.29, 1.82) is 0 Å². The lowest BCUT2D eigenvalue weighted by Crippen LogP contribution is -2.13. The monoisotopic (exact) mass is 251 g/mol. The van der Waals surface area contributed by atoms with E-state index in [0.29, 0.717) is 4.85 Å². The van der Waals surface area contributed by atoms with Gasteiger partial charge < -0.3 is 14.7 Å². The maximum absolute atomic E-state index is 10.9. The summed E-state index contributed by atoms with van der Waals surface area (Å²) in [7, 11) is 1.23. The van der Waals surface area contributed by atoms with Crippen LogP contribution in [-0.4, -0.2) is 49.8 Å². The molecule has 9 heteroatoms. The summed E-state index contributed by atoms with van der Waals surface area (Å²) in [5, 5.41) is 13.0. The predicted molar refractivity (Wildman–Crippen MR) is 55.7 cm³/mol. The Morgan fingerprint density at radius 1 is 1.44 bits per heavy atom. The van der Waals surface area contributed by atoms with Crippen LogP contribution < -0.4 is 4.74 Å². The van der Waals surface area contributed by atoms with Crippen LogP contribution in [0.1, 0.15) is 0 Å². The molecule has 2 heterocycles. The van der Waals surface area contributed by atoms with Gasteiger partial charge in [0, 0.05) is 12.4 Å². The van der Waals surface area contributed by atoms with Gasteiger partial charge in [0.2, 0.25) is 11.6 Å². The molecule has 0 radical (unpaired) electrons. The fraction of sp³-hybridized carbons (Fsp3) is 0.222. The Hall–Kier alpha value is -2.71. The molecule has 0 unspecified atom stereocenters. The third kappa shape index (κ3) is 2.51. The largest absolute Gasteiger partial charge is 0.466 e. The highest BCUT2D eigenvalue weighted by atomic mass is 16.6. The molecule has 0 bridgehead atoms. The van der Waals surface area contributed by atoms with E-state index in [-0.39, 0.29) is 24.3 Å². The molecule has 0 amide bonds. The zero-order valence-corrected chi connectivity index (χ0v) is 9.35. The molecule has 94 valence electrons. The molecule has 2 aromatic rings. The second-order valence-corrected chi connectivity index (χ2v) is 3.04. The zero-order valence-electron chi connectivity index (χ0n) is 9.35. The number of rotatable bonds is 4. The van der Waals surface area contributed by atoms with E-state index in [1.54, 1.807) is 6.07 Å². The minimum absolute atomic E-state index is 0.00969. The van der Waals surface area contributed by atoms with Crippen molar-refractivity contribution in [1.82, 2.24) is 24.9 Å². The van der Waals surface area contributed by atoms with E-state index in [2.05, 4.69) is 24.8 Å². The van der Waals surface area contributed by atoms with Gasteiger partial charge in [-0.25, -0.2) is 14.8 Å². The number of methoxy groups -OCH3 is 1. The Kier molecular flexibility index (Phi) is 3.32. The molecule has 2 aromatic heterocycles. The van der Waals surface area contributed by atoms with Gasteiger partial charge in [0.25, 0.3) is 0 Å². The molecule has 0 saturated heterocycles. The number of esters is 1. The number of carbonyl (C=O) groups is 1. The second-order valence-electron chi connectivity index (χ2n) is 3.04. The van der Waals surface area contributed by atoms with Crippen molar-refractivity contribution in [3.05, 3.63) is 18.5 Å². The molecule has 0 aliphatic rings. The summed E-state index contributed by atoms with van der Waals surface area (Å²) >= 11 is 0. The van der Waals surface area contributed by atoms with E-state index < -0.39 is 5.97 Å². The molecular weight excluding hydrogens is 242 g/mol. The van der Waals surface area contributed by atoms with Crippen LogP contribution in [0.15, 0.2) is 18.5 Å². The molecular formula is C9H9N5O4. The van der Waals surface area contributed by atoms with Gasteiger partial charge in [-0.3, -0.25) is 0 Å². The smallest absolute Gasteiger partial charge is 0.344 e. The van der Waals surface area contributed by atoms with Gasteiger partial charge in [-0.2, -0.15) is 4.98 Å². The fourth-order valence-corrected chi connectivity index (χ4v) is 1.08. The number of ether oxygens (including phenoxy) is 2. The number of aromatic nitrogens is 5. The lowest BCUT2D eigenvalue weighted by atomic mass is 10.5. The van der Waals surface area contributed by atoms with Crippen molar-refractivity contribution in [2.45, 2.75) is 0 Å². The Morgan fingerprint density at radius 2 is 2.17 bits per heavy atom. The Bertz CT molecular complexity index is 541. The van der Waals surface area contributed by atoms with Crippen molar-refractivity contribution in [3.8, 4) is 17.7 Å². The SMILES string of the molecule is COC(=O)COc1nc(-c2ncccn2)n(O)n1. The molecule has 0 fully saturated rings. The average Bonchev–Trinajstić information content (AvgIpc) is 2.78. The predicted octanol–water partition coefficient (Wildman–Crippen LogP) is -0.476. The van der Waals surface area contributed by atoms with Crippen molar-refractivity contribution in [3.63, 3.8) is 0 Å². The van der Waals surface area contributed by atoms with Gasteiger partial charge in [0.15, 0.2) is 6.61 Å². The van der Waals surface area contributed by atoms with Crippen LogP contribution in [0.2, 0.25) is 0 Å². The van der Waals surface area contributed by atoms with Crippen LogP contribution in [0.5, 0.6) is 6.01 Å². The molecule has 0 aromatic carbocycles. The molecule has 9 nitrogen and oxygen atoms in total. The van der Waals surface area contributed by atoms with Crippen molar-refractivity contribution in [2.75, 3.05) is 13.7 Å². The average molecular weight is 251 g/mol. The van der Waals surface area contributed by atoms with Crippen molar-refractivity contribution >= 4 is 5.97 Å². The zero-order chi connectivity index (χ0) is 13.0. The summed E-state index contributed by atoms with van der Waals surface area (Å²) in [6, 6.07) is 1.45. The van der Waals surface area contributed by atoms with Crippen molar-refractivity contribution < 1.29 is 19.5 Å². The Balaban J connectivity index is 2.15. The first-order valence-corrected chi connectivity index (χ1v) is 4.84. The van der Waals surface area contributed by atoms with Gasteiger partial charge in [-0.15, -0.1) is 0 Å². The maximum atomic E-state index is 10.9. The van der Waals surface area contributed by atoms with Gasteiger partial charge >= 0.3 is 12.0 Å². The summed E-state index contributed by atoms with van der Waals surface area (Å²) < 4.78 is 9.29. The topological polar surface area (TPSA) is 112 Å². The van der Waals surface area contributed by atoms with Crippen LogP contribution in [0, 0.1) is 0 Å². The highest BCUT2D eigenvalue weighted by molar-refractivity contribution is 5.70. The molecule has 0 saturated carbocycles. The number of hydrogen-bond donors (Lipinski definition) is 1. The van der Waals surface area contributed by atoms with E-state index in [1.807, 2.05) is 0 Å². The summed E-state index contributed by atoms with van der Waals surface area (Å²) in [6.45, 7) is -0.352. The fourth-order valence-electron chi connectivity index (χ4n) is 1.08. The number of carbonyl (C=O) groups excluding carboxylic acids is 1. The van der Waals surface area contributed by atoms with E-state index in [0.717, 1.165) is 0 Å². The third-order valence-corrected chi connectivity index (χ3v) is 1.88. The molecule has 18 heavy (non-hydrogen) atoms. The van der Waals surface area contributed by atoms with Gasteiger partial charge in [-0.05, 0) is 6.07 Å². The first-order valence-electron chi connectivity index (χ1n) is 4.84. The van der Waals surface area contributed by atoms with Gasteiger partial charge in [0.1, 0.15) is 0 Å². The lowest BCUT2D eigenvalue weighted by molar-refractivity contribution is -0.143. The van der Waals surface area contributed by atoms with Gasteiger partial charge in [0.05, 0.1) is 7.11 Å². The normalized spacial score (nSPS) is 10.1. The van der Waals surface area contributed by atoms with E-state index in [1.165, 1.54) is 19.5 Å². The minimum atomic E-state index is -0.582. The second kappa shape index (κ2) is 5.08. The molecule has 0 aliphatic heterocycles. The first-order chi connectivity index (χ1) is 8.70. The lowest BCUT2D eigenvalue weighted by Gasteiger charge is -1.97. The highest BCUT2D eigenvalue weighted by Crippen LogP contribution is 2.13. The quantitative estimate of drug-likeness (QED) is 0.573. The highest BCUT2D eigenvalue weighted by Gasteiger charge is 2.15. The van der Waals surface area contributed by atoms with E-state index >= 15 is 0 Å². The van der Waals surface area contributed by atoms with Crippen LogP contribution in [0.4, 0.5) is 0 Å². The van der Waals surface area contributed by atoms with Crippen LogP contribution in [0.25, 0.3) is 11.6 Å². The Morgan fingerprint density at radius 3 is 2.83 bits per heavy atom. The maximum Gasteiger partial charge on any atom is 0.344 e. The standard InChI is InChI=1S/C9H9N5O4/c1-17-6(15)5-18-9-12-8(14(16)13-9)7-10-3-2-4-11-7/h2-4,16H,5H2,1H3. The molecule has 2 rings (SSSR count). The molecule has 1 N–H and O–H groups in total. The Labute approximate surface area is 101 Å². The van der Waals surface area contributed by atoms with E-state index in [9.17, 15) is 10.0 Å². The van der Waals surface area contributed by atoms with Gasteiger partial charge in [-0.1, -0.05) is 9.94 Å². The van der Waals surface area contributed by atoms with Crippen LogP contribution in [0.3, 0.4) is 0 Å². The summed E-state index contributed by atoms with van der Waals surface area (Å²) in [6.07, 6.45) is 2.98. The van der Waals surface area contributed by atoms with E-state index in [4.69, 9.17) is 4.74 Å². The number of hydrogen-bond acceptors (Lipinski definition) is 8. The minimum Gasteiger partial charge on any atom is -0.466 e. The molecule has 0 aliphatic carbocycles. The molecule has 0 spiro atoms. The van der Waals surface area contributed by atoms with Crippen LogP contribution in [-0.2, 0) is 9.53 Å².